The highest BCUT2D eigenvalue weighted by atomic mass is 35.5. The van der Waals surface area contributed by atoms with Gasteiger partial charge in [0, 0.05) is 32.4 Å². The highest BCUT2D eigenvalue weighted by Gasteiger charge is 2.23. The minimum Gasteiger partial charge on any atom is -0.375 e. The lowest BCUT2D eigenvalue weighted by Crippen LogP contribution is -2.45. The van der Waals surface area contributed by atoms with Gasteiger partial charge in [0.15, 0.2) is 0 Å². The van der Waals surface area contributed by atoms with Crippen molar-refractivity contribution in [2.75, 3.05) is 45.7 Å². The van der Waals surface area contributed by atoms with Crippen molar-refractivity contribution in [3.63, 3.8) is 0 Å². The molecule has 1 atom stereocenters. The lowest BCUT2D eigenvalue weighted by atomic mass is 10.0. The van der Waals surface area contributed by atoms with Gasteiger partial charge in [-0.15, -0.1) is 11.3 Å². The van der Waals surface area contributed by atoms with Gasteiger partial charge in [-0.3, -0.25) is 14.4 Å². The van der Waals surface area contributed by atoms with E-state index in [0.29, 0.717) is 14.9 Å². The Hall–Kier alpha value is -2.46. The van der Waals surface area contributed by atoms with E-state index in [1.54, 1.807) is 12.1 Å². The number of amides is 3. The summed E-state index contributed by atoms with van der Waals surface area (Å²) in [5.41, 5.74) is 3.19. The Kier molecular flexibility index (Phi) is 9.25. The van der Waals surface area contributed by atoms with Crippen LogP contribution in [0.5, 0.6) is 0 Å². The van der Waals surface area contributed by atoms with Crippen LogP contribution in [-0.2, 0) is 27.2 Å². The quantitative estimate of drug-likeness (QED) is 0.499. The van der Waals surface area contributed by atoms with Gasteiger partial charge in [-0.2, -0.15) is 0 Å². The van der Waals surface area contributed by atoms with Gasteiger partial charge in [-0.05, 0) is 61.7 Å². The molecule has 10 heteroatoms. The second-order valence-electron chi connectivity index (χ2n) is 7.98. The number of anilines is 1. The fourth-order valence-corrected chi connectivity index (χ4v) is 4.56. The molecule has 1 aromatic heterocycles. The van der Waals surface area contributed by atoms with Crippen molar-refractivity contribution in [1.29, 1.82) is 0 Å². The van der Waals surface area contributed by atoms with E-state index in [2.05, 4.69) is 34.0 Å². The van der Waals surface area contributed by atoms with Crippen molar-refractivity contribution >= 4 is 46.3 Å². The van der Waals surface area contributed by atoms with E-state index in [0.717, 1.165) is 37.3 Å². The molecule has 8 nitrogen and oxygen atoms in total. The van der Waals surface area contributed by atoms with E-state index in [9.17, 15) is 14.4 Å². The molecule has 3 N–H and O–H groups in total. The van der Waals surface area contributed by atoms with E-state index in [1.165, 1.54) is 18.2 Å². The van der Waals surface area contributed by atoms with Crippen molar-refractivity contribution in [2.24, 2.45) is 0 Å². The van der Waals surface area contributed by atoms with Crippen LogP contribution < -0.4 is 16.0 Å². The molecule has 0 fully saturated rings. The number of nitrogens with zero attached hydrogens (tertiary/aromatic N) is 1. The Balaban J connectivity index is 1.68. The SMILES string of the molecule is COCC(=O)NCCC(NC(=O)c1ccc(Cl)s1)C(=O)Nc1ccc2c(c1)CCN(C)CC2. The van der Waals surface area contributed by atoms with Crippen LogP contribution in [-0.4, -0.2) is 69.1 Å². The standard InChI is InChI=1S/C23H29ClN4O4S/c1-28-11-8-15-3-4-17(13-16(15)9-12-28)26-22(30)18(7-10-25-21(29)14-32-2)27-23(31)19-5-6-20(24)33-19/h3-6,13,18H,7-12,14H2,1-2H3,(H,25,29)(H,26,30)(H,27,31). The van der Waals surface area contributed by atoms with Crippen LogP contribution in [0.1, 0.15) is 27.2 Å². The van der Waals surface area contributed by atoms with Crippen molar-refractivity contribution < 1.29 is 19.1 Å². The average Bonchev–Trinajstić information content (AvgIpc) is 3.13. The van der Waals surface area contributed by atoms with Gasteiger partial charge >= 0.3 is 0 Å². The number of halogens is 1. The summed E-state index contributed by atoms with van der Waals surface area (Å²) in [6.45, 7) is 2.12. The smallest absolute Gasteiger partial charge is 0.262 e. The molecule has 1 aliphatic rings. The molecule has 0 saturated heterocycles. The van der Waals surface area contributed by atoms with E-state index in [-0.39, 0.29) is 37.3 Å². The molecule has 3 rings (SSSR count). The van der Waals surface area contributed by atoms with E-state index < -0.39 is 6.04 Å². The van der Waals surface area contributed by atoms with E-state index in [1.807, 2.05) is 12.1 Å². The molecule has 178 valence electrons. The van der Waals surface area contributed by atoms with Gasteiger partial charge in [0.2, 0.25) is 11.8 Å². The zero-order valence-corrected chi connectivity index (χ0v) is 20.4. The molecule has 2 heterocycles. The zero-order valence-electron chi connectivity index (χ0n) is 18.8. The molecular formula is C23H29ClN4O4S. The minimum absolute atomic E-state index is 0.0682. The van der Waals surface area contributed by atoms with Crippen molar-refractivity contribution in [3.8, 4) is 0 Å². The van der Waals surface area contributed by atoms with Gasteiger partial charge in [-0.1, -0.05) is 17.7 Å². The largest absolute Gasteiger partial charge is 0.375 e. The van der Waals surface area contributed by atoms with E-state index in [4.69, 9.17) is 16.3 Å². The van der Waals surface area contributed by atoms with Gasteiger partial charge in [0.1, 0.15) is 12.6 Å². The number of nitrogens with one attached hydrogen (secondary N) is 3. The third-order valence-corrected chi connectivity index (χ3v) is 6.68. The summed E-state index contributed by atoms with van der Waals surface area (Å²) in [5, 5.41) is 8.37. The number of hydrogen-bond donors (Lipinski definition) is 3. The van der Waals surface area contributed by atoms with Crippen LogP contribution in [0.4, 0.5) is 5.69 Å². The number of likely N-dealkylation sites (N-methyl/N-ethyl adjacent to an activating group) is 1. The molecular weight excluding hydrogens is 464 g/mol. The Labute approximate surface area is 202 Å². The lowest BCUT2D eigenvalue weighted by molar-refractivity contribution is -0.125. The molecule has 1 unspecified atom stereocenters. The maximum Gasteiger partial charge on any atom is 0.262 e. The first-order valence-electron chi connectivity index (χ1n) is 10.8. The van der Waals surface area contributed by atoms with Crippen molar-refractivity contribution in [1.82, 2.24) is 15.5 Å². The molecule has 1 aliphatic heterocycles. The van der Waals surface area contributed by atoms with Crippen LogP contribution in [0.3, 0.4) is 0 Å². The first kappa shape index (κ1) is 25.2. The highest BCUT2D eigenvalue weighted by molar-refractivity contribution is 7.18. The second-order valence-corrected chi connectivity index (χ2v) is 9.69. The predicted octanol–water partition coefficient (Wildman–Crippen LogP) is 2.32. The van der Waals surface area contributed by atoms with Crippen molar-refractivity contribution in [2.45, 2.75) is 25.3 Å². The number of carbonyl (C=O) groups is 3. The summed E-state index contributed by atoms with van der Waals surface area (Å²) < 4.78 is 5.29. The number of hydrogen-bond acceptors (Lipinski definition) is 6. The van der Waals surface area contributed by atoms with Crippen LogP contribution in [0.2, 0.25) is 4.34 Å². The maximum atomic E-state index is 13.1. The third kappa shape index (κ3) is 7.53. The summed E-state index contributed by atoms with van der Waals surface area (Å²) >= 11 is 7.07. The Morgan fingerprint density at radius 3 is 2.61 bits per heavy atom. The highest BCUT2D eigenvalue weighted by Crippen LogP contribution is 2.22. The fourth-order valence-electron chi connectivity index (χ4n) is 3.62. The Bertz CT molecular complexity index is 997. The molecule has 2 aromatic rings. The number of thiophene rings is 1. The number of methoxy groups -OCH3 is 1. The van der Waals surface area contributed by atoms with E-state index >= 15 is 0 Å². The molecule has 0 saturated carbocycles. The topological polar surface area (TPSA) is 99.8 Å². The molecule has 0 radical (unpaired) electrons. The molecule has 0 bridgehead atoms. The first-order valence-corrected chi connectivity index (χ1v) is 12.0. The average molecular weight is 493 g/mol. The number of benzene rings is 1. The van der Waals surface area contributed by atoms with Crippen LogP contribution in [0.15, 0.2) is 30.3 Å². The van der Waals surface area contributed by atoms with Gasteiger partial charge in [0.25, 0.3) is 5.91 Å². The summed E-state index contributed by atoms with van der Waals surface area (Å²) in [5.74, 6) is -1.03. The summed E-state index contributed by atoms with van der Waals surface area (Å²) in [6.07, 6.45) is 2.12. The fraction of sp³-hybridized carbons (Fsp3) is 0.435. The first-order chi connectivity index (χ1) is 15.9. The van der Waals surface area contributed by atoms with Gasteiger partial charge in [0.05, 0.1) is 9.21 Å². The van der Waals surface area contributed by atoms with Crippen LogP contribution >= 0.6 is 22.9 Å². The monoisotopic (exact) mass is 492 g/mol. The maximum absolute atomic E-state index is 13.1. The third-order valence-electron chi connectivity index (χ3n) is 5.45. The molecule has 0 spiro atoms. The number of rotatable bonds is 9. The molecule has 3 amide bonds. The predicted molar refractivity (Wildman–Crippen MR) is 130 cm³/mol. The summed E-state index contributed by atoms with van der Waals surface area (Å²) in [6, 6.07) is 8.35. The Morgan fingerprint density at radius 2 is 1.91 bits per heavy atom. The number of ether oxygens (including phenoxy) is 1. The van der Waals surface area contributed by atoms with Crippen LogP contribution in [0, 0.1) is 0 Å². The number of fused-ring (bicyclic) bond motifs is 1. The summed E-state index contributed by atoms with van der Waals surface area (Å²) in [4.78, 5) is 40.1. The number of carbonyl (C=O) groups excluding carboxylic acids is 3. The molecule has 0 aliphatic carbocycles. The lowest BCUT2D eigenvalue weighted by Gasteiger charge is -2.19. The minimum atomic E-state index is -0.842. The van der Waals surface area contributed by atoms with Crippen LogP contribution in [0.25, 0.3) is 0 Å². The zero-order chi connectivity index (χ0) is 23.8. The van der Waals surface area contributed by atoms with Gasteiger partial charge in [-0.25, -0.2) is 0 Å². The second kappa shape index (κ2) is 12.1. The van der Waals surface area contributed by atoms with Crippen molar-refractivity contribution in [3.05, 3.63) is 50.7 Å². The Morgan fingerprint density at radius 1 is 1.15 bits per heavy atom. The molecule has 33 heavy (non-hydrogen) atoms. The normalized spacial score (nSPS) is 14.6. The van der Waals surface area contributed by atoms with Gasteiger partial charge < -0.3 is 25.6 Å². The summed E-state index contributed by atoms with van der Waals surface area (Å²) in [7, 11) is 3.54. The molecule has 1 aromatic carbocycles.